The van der Waals surface area contributed by atoms with Crippen molar-refractivity contribution >= 4 is 27.4 Å². The lowest BCUT2D eigenvalue weighted by Gasteiger charge is -2.34. The minimum Gasteiger partial charge on any atom is -0.358 e. The van der Waals surface area contributed by atoms with Crippen LogP contribution in [0.5, 0.6) is 0 Å². The summed E-state index contributed by atoms with van der Waals surface area (Å²) < 4.78 is 30.0. The summed E-state index contributed by atoms with van der Waals surface area (Å²) in [4.78, 5) is 0.217. The quantitative estimate of drug-likeness (QED) is 0.326. The zero-order valence-corrected chi connectivity index (χ0v) is 22.1. The topological polar surface area (TPSA) is 96.2 Å². The summed E-state index contributed by atoms with van der Waals surface area (Å²) in [6.07, 6.45) is 4.16. The number of thiocarbonyl (C=S) groups is 1. The maximum atomic E-state index is 13.5. The molecule has 0 aromatic heterocycles. The zero-order chi connectivity index (χ0) is 25.5. The number of aryl methyl sites for hydroxylation is 1. The van der Waals surface area contributed by atoms with Gasteiger partial charge in [-0.25, -0.2) is 13.1 Å². The Bertz CT molecular complexity index is 1240. The molecule has 0 amide bonds. The highest BCUT2D eigenvalue weighted by Gasteiger charge is 2.31. The Kier molecular flexibility index (Phi) is 8.74. The summed E-state index contributed by atoms with van der Waals surface area (Å²) in [7, 11) is -3.82. The van der Waals surface area contributed by atoms with Crippen molar-refractivity contribution in [3.63, 3.8) is 0 Å². The summed E-state index contributed by atoms with van der Waals surface area (Å²) in [5, 5.41) is 7.27. The summed E-state index contributed by atoms with van der Waals surface area (Å²) in [6, 6.07) is 25.2. The Balaban J connectivity index is 1.67. The molecule has 1 saturated carbocycles. The predicted octanol–water partition coefficient (Wildman–Crippen LogP) is 4.49. The van der Waals surface area contributed by atoms with Crippen molar-refractivity contribution < 1.29 is 8.42 Å². The molecule has 1 fully saturated rings. The van der Waals surface area contributed by atoms with Crippen LogP contribution in [-0.2, 0) is 10.0 Å². The number of benzene rings is 3. The Hall–Kier alpha value is -2.78. The van der Waals surface area contributed by atoms with E-state index >= 15 is 0 Å². The lowest BCUT2D eigenvalue weighted by molar-refractivity contribution is 0.356. The molecule has 3 aromatic carbocycles. The van der Waals surface area contributed by atoms with Gasteiger partial charge in [-0.1, -0.05) is 91.2 Å². The van der Waals surface area contributed by atoms with Crippen molar-refractivity contribution in [3.05, 3.63) is 102 Å². The number of nitrogens with one attached hydrogen (secondary N) is 3. The molecule has 4 rings (SSSR count). The molecule has 5 N–H and O–H groups in total. The van der Waals surface area contributed by atoms with Gasteiger partial charge in [0, 0.05) is 12.1 Å². The molecule has 8 heteroatoms. The molecule has 36 heavy (non-hydrogen) atoms. The second-order valence-electron chi connectivity index (χ2n) is 9.38. The van der Waals surface area contributed by atoms with E-state index in [1.807, 2.05) is 67.6 Å². The molecule has 1 aliphatic carbocycles. The van der Waals surface area contributed by atoms with Crippen LogP contribution in [0.25, 0.3) is 0 Å². The summed E-state index contributed by atoms with van der Waals surface area (Å²) in [5.74, 6) is 0. The molecular weight excluding hydrogens is 488 g/mol. The first-order chi connectivity index (χ1) is 17.3. The third kappa shape index (κ3) is 6.70. The van der Waals surface area contributed by atoms with Gasteiger partial charge in [0.05, 0.1) is 17.0 Å². The molecular formula is C28H34N4O2S2. The molecule has 0 aliphatic heterocycles. The molecule has 0 spiro atoms. The molecule has 190 valence electrons. The van der Waals surface area contributed by atoms with E-state index in [-0.39, 0.29) is 17.0 Å². The molecule has 6 nitrogen and oxygen atoms in total. The first kappa shape index (κ1) is 26.3. The van der Waals surface area contributed by atoms with Crippen molar-refractivity contribution in [2.24, 2.45) is 5.73 Å². The van der Waals surface area contributed by atoms with Gasteiger partial charge in [0.2, 0.25) is 10.0 Å². The summed E-state index contributed by atoms with van der Waals surface area (Å²) >= 11 is 5.73. The number of rotatable bonds is 8. The van der Waals surface area contributed by atoms with Crippen molar-refractivity contribution in [2.45, 2.75) is 61.7 Å². The fourth-order valence-corrected chi connectivity index (χ4v) is 6.17. The van der Waals surface area contributed by atoms with E-state index < -0.39 is 22.1 Å². The van der Waals surface area contributed by atoms with Gasteiger partial charge in [-0.2, -0.15) is 0 Å². The normalized spacial score (nSPS) is 19.7. The molecule has 3 aromatic rings. The van der Waals surface area contributed by atoms with Gasteiger partial charge in [0.15, 0.2) is 5.11 Å². The van der Waals surface area contributed by atoms with Gasteiger partial charge in [-0.3, -0.25) is 0 Å². The van der Waals surface area contributed by atoms with E-state index in [9.17, 15) is 8.42 Å². The fraction of sp³-hybridized carbons (Fsp3) is 0.321. The van der Waals surface area contributed by atoms with Crippen molar-refractivity contribution in [2.75, 3.05) is 0 Å². The average Bonchev–Trinajstić information content (AvgIpc) is 2.89. The SMILES string of the molecule is Cc1ccc(S(=O)(=O)N[C@@H](c2ccccc2)[C@H](NC(=S)N[C@@H]2CCCC[C@H]2N)c2ccccc2)cc1. The van der Waals surface area contributed by atoms with Gasteiger partial charge in [-0.05, 0) is 55.2 Å². The average molecular weight is 523 g/mol. The minimum atomic E-state index is -3.82. The first-order valence-electron chi connectivity index (χ1n) is 12.3. The van der Waals surface area contributed by atoms with E-state index in [4.69, 9.17) is 18.0 Å². The van der Waals surface area contributed by atoms with Gasteiger partial charge in [-0.15, -0.1) is 0 Å². The van der Waals surface area contributed by atoms with Crippen molar-refractivity contribution in [3.8, 4) is 0 Å². The second kappa shape index (κ2) is 12.0. The van der Waals surface area contributed by atoms with Gasteiger partial charge in [0.25, 0.3) is 0 Å². The number of hydrogen-bond acceptors (Lipinski definition) is 4. The van der Waals surface area contributed by atoms with E-state index in [0.29, 0.717) is 5.11 Å². The van der Waals surface area contributed by atoms with Gasteiger partial charge in [0.1, 0.15) is 0 Å². The summed E-state index contributed by atoms with van der Waals surface area (Å²) in [6.45, 7) is 1.93. The predicted molar refractivity (Wildman–Crippen MR) is 149 cm³/mol. The first-order valence-corrected chi connectivity index (χ1v) is 14.2. The Labute approximate surface area is 219 Å². The molecule has 1 aliphatic rings. The monoisotopic (exact) mass is 522 g/mol. The highest BCUT2D eigenvalue weighted by molar-refractivity contribution is 7.89. The molecule has 0 unspecified atom stereocenters. The van der Waals surface area contributed by atoms with Crippen LogP contribution in [-0.4, -0.2) is 25.6 Å². The van der Waals surface area contributed by atoms with Gasteiger partial charge >= 0.3 is 0 Å². The largest absolute Gasteiger partial charge is 0.358 e. The number of sulfonamides is 1. The lowest BCUT2D eigenvalue weighted by atomic mass is 9.91. The van der Waals surface area contributed by atoms with Crippen molar-refractivity contribution in [1.82, 2.24) is 15.4 Å². The van der Waals surface area contributed by atoms with E-state index in [1.54, 1.807) is 24.3 Å². The maximum Gasteiger partial charge on any atom is 0.241 e. The Morgan fingerprint density at radius 3 is 2.00 bits per heavy atom. The minimum absolute atomic E-state index is 0.0404. The van der Waals surface area contributed by atoms with Crippen LogP contribution >= 0.6 is 12.2 Å². The smallest absolute Gasteiger partial charge is 0.241 e. The highest BCUT2D eigenvalue weighted by Crippen LogP contribution is 2.31. The van der Waals surface area contributed by atoms with Crippen LogP contribution in [0.2, 0.25) is 0 Å². The Morgan fingerprint density at radius 1 is 0.861 bits per heavy atom. The standard InChI is InChI=1S/C28H34N4O2S2/c1-20-16-18-23(19-17-20)36(33,34)32-27(22-12-6-3-7-13-22)26(21-10-4-2-5-11-21)31-28(35)30-25-15-9-8-14-24(25)29/h2-7,10-13,16-19,24-27,32H,8-9,14-15,29H2,1H3,(H2,30,31,35)/t24-,25-,26-,27+/m1/s1. The number of nitrogens with two attached hydrogens (primary N) is 1. The van der Waals surface area contributed by atoms with Gasteiger partial charge < -0.3 is 16.4 Å². The highest BCUT2D eigenvalue weighted by atomic mass is 32.2. The van der Waals surface area contributed by atoms with E-state index in [2.05, 4.69) is 15.4 Å². The second-order valence-corrected chi connectivity index (χ2v) is 11.5. The maximum absolute atomic E-state index is 13.5. The van der Waals surface area contributed by atoms with Crippen LogP contribution in [0.4, 0.5) is 0 Å². The molecule has 0 heterocycles. The molecule has 0 bridgehead atoms. The molecule has 0 radical (unpaired) electrons. The third-order valence-electron chi connectivity index (χ3n) is 6.69. The van der Waals surface area contributed by atoms with Crippen LogP contribution in [0.3, 0.4) is 0 Å². The summed E-state index contributed by atoms with van der Waals surface area (Å²) in [5.41, 5.74) is 9.07. The third-order valence-corrected chi connectivity index (χ3v) is 8.38. The van der Waals surface area contributed by atoms with E-state index in [0.717, 1.165) is 42.4 Å². The van der Waals surface area contributed by atoms with Crippen LogP contribution in [0, 0.1) is 6.92 Å². The Morgan fingerprint density at radius 2 is 1.42 bits per heavy atom. The van der Waals surface area contributed by atoms with Crippen molar-refractivity contribution in [1.29, 1.82) is 0 Å². The molecule has 0 saturated heterocycles. The number of hydrogen-bond donors (Lipinski definition) is 4. The zero-order valence-electron chi connectivity index (χ0n) is 20.4. The van der Waals surface area contributed by atoms with Crippen LogP contribution in [0.15, 0.2) is 89.8 Å². The fourth-order valence-electron chi connectivity index (χ4n) is 4.65. The molecule has 4 atom stereocenters. The lowest BCUT2D eigenvalue weighted by Crippen LogP contribution is -2.53. The van der Waals surface area contributed by atoms with Crippen LogP contribution < -0.4 is 21.1 Å². The van der Waals surface area contributed by atoms with E-state index in [1.165, 1.54) is 0 Å². The van der Waals surface area contributed by atoms with Crippen LogP contribution in [0.1, 0.15) is 54.5 Å².